The third kappa shape index (κ3) is 8.24. The van der Waals surface area contributed by atoms with E-state index >= 15 is 0 Å². The number of aromatic amines is 3. The maximum atomic E-state index is 13.8. The molecule has 0 fully saturated rings. The number of aliphatic carboxylic acids is 1. The molecule has 0 saturated carbocycles. The highest BCUT2D eigenvalue weighted by Gasteiger charge is 2.31. The minimum Gasteiger partial charge on any atom is -0.480 e. The van der Waals surface area contributed by atoms with Gasteiger partial charge in [-0.2, -0.15) is 0 Å². The molecule has 0 saturated heterocycles. The van der Waals surface area contributed by atoms with Crippen LogP contribution in [0.4, 0.5) is 0 Å². The highest BCUT2D eigenvalue weighted by atomic mass is 16.4. The van der Waals surface area contributed by atoms with E-state index in [9.17, 15) is 24.3 Å². The smallest absolute Gasteiger partial charge is 0.326 e. The molecule has 4 atom stereocenters. The first-order valence-electron chi connectivity index (χ1n) is 14.7. The first-order chi connectivity index (χ1) is 22.3. The highest BCUT2D eigenvalue weighted by Crippen LogP contribution is 2.19. The summed E-state index contributed by atoms with van der Waals surface area (Å²) in [7, 11) is 0. The lowest BCUT2D eigenvalue weighted by molar-refractivity contribution is -0.142. The molecule has 0 aliphatic heterocycles. The first-order valence-corrected chi connectivity index (χ1v) is 14.7. The molecule has 238 valence electrons. The van der Waals surface area contributed by atoms with Gasteiger partial charge in [-0.25, -0.2) is 14.8 Å². The topological polar surface area (TPSA) is 224 Å². The van der Waals surface area contributed by atoms with Gasteiger partial charge in [-0.3, -0.25) is 14.4 Å². The average molecular weight is 626 g/mol. The summed E-state index contributed by atoms with van der Waals surface area (Å²) in [5.41, 5.74) is 9.66. The molecule has 4 unspecified atom stereocenters. The normalized spacial score (nSPS) is 13.8. The van der Waals surface area contributed by atoms with Gasteiger partial charge in [-0.1, -0.05) is 48.5 Å². The number of aromatic nitrogens is 5. The molecule has 0 aliphatic carbocycles. The number of carbonyl (C=O) groups is 4. The molecule has 3 aromatic heterocycles. The summed E-state index contributed by atoms with van der Waals surface area (Å²) in [6, 6.07) is 12.0. The molecule has 3 heterocycles. The van der Waals surface area contributed by atoms with Crippen LogP contribution in [0.3, 0.4) is 0 Å². The van der Waals surface area contributed by atoms with Crippen LogP contribution in [-0.2, 0) is 44.9 Å². The molecule has 3 amide bonds. The summed E-state index contributed by atoms with van der Waals surface area (Å²) in [5.74, 6) is -3.15. The Bertz CT molecular complexity index is 1750. The maximum Gasteiger partial charge on any atom is 0.326 e. The zero-order valence-electron chi connectivity index (χ0n) is 24.8. The quantitative estimate of drug-likeness (QED) is 0.0827. The molecule has 9 N–H and O–H groups in total. The van der Waals surface area contributed by atoms with Crippen molar-refractivity contribution in [1.82, 2.24) is 40.9 Å². The lowest BCUT2D eigenvalue weighted by Gasteiger charge is -2.25. The zero-order chi connectivity index (χ0) is 32.5. The number of amides is 3. The van der Waals surface area contributed by atoms with Crippen LogP contribution < -0.4 is 21.7 Å². The lowest BCUT2D eigenvalue weighted by atomic mass is 10.0. The van der Waals surface area contributed by atoms with E-state index in [2.05, 4.69) is 40.9 Å². The van der Waals surface area contributed by atoms with Crippen LogP contribution >= 0.6 is 0 Å². The molecule has 5 aromatic rings. The van der Waals surface area contributed by atoms with Crippen molar-refractivity contribution >= 4 is 34.6 Å². The number of H-pyrrole nitrogens is 3. The number of imidazole rings is 2. The van der Waals surface area contributed by atoms with E-state index in [1.165, 1.54) is 18.9 Å². The van der Waals surface area contributed by atoms with Crippen molar-refractivity contribution in [3.05, 3.63) is 108 Å². The van der Waals surface area contributed by atoms with Crippen LogP contribution in [0.15, 0.2) is 85.8 Å². The van der Waals surface area contributed by atoms with Crippen LogP contribution in [0.25, 0.3) is 10.9 Å². The van der Waals surface area contributed by atoms with Gasteiger partial charge in [0.25, 0.3) is 0 Å². The van der Waals surface area contributed by atoms with E-state index in [-0.39, 0.29) is 25.7 Å². The molecular weight excluding hydrogens is 590 g/mol. The summed E-state index contributed by atoms with van der Waals surface area (Å²) >= 11 is 0. The predicted octanol–water partition coefficient (Wildman–Crippen LogP) is 0.751. The largest absolute Gasteiger partial charge is 0.480 e. The third-order valence-electron chi connectivity index (χ3n) is 7.57. The Morgan fingerprint density at radius 2 is 1.28 bits per heavy atom. The van der Waals surface area contributed by atoms with Gasteiger partial charge < -0.3 is 41.7 Å². The van der Waals surface area contributed by atoms with Gasteiger partial charge in [0.2, 0.25) is 17.7 Å². The number of carboxylic acids is 1. The molecule has 0 spiro atoms. The minimum atomic E-state index is -1.28. The predicted molar refractivity (Wildman–Crippen MR) is 168 cm³/mol. The van der Waals surface area contributed by atoms with Crippen molar-refractivity contribution in [3.8, 4) is 0 Å². The molecule has 5 rings (SSSR count). The summed E-state index contributed by atoms with van der Waals surface area (Å²) in [6.45, 7) is 0. The van der Waals surface area contributed by atoms with Gasteiger partial charge >= 0.3 is 5.97 Å². The molecule has 14 nitrogen and oxygen atoms in total. The average Bonchev–Trinajstić information content (AvgIpc) is 3.84. The summed E-state index contributed by atoms with van der Waals surface area (Å²) in [6.07, 6.45) is 7.97. The van der Waals surface area contributed by atoms with Crippen LogP contribution in [0.5, 0.6) is 0 Å². The number of nitrogens with two attached hydrogens (primary N) is 1. The molecule has 2 aromatic carbocycles. The van der Waals surface area contributed by atoms with Crippen LogP contribution in [-0.4, -0.2) is 77.9 Å². The zero-order valence-corrected chi connectivity index (χ0v) is 24.8. The number of nitrogens with zero attached hydrogens (tertiary/aromatic N) is 2. The summed E-state index contributed by atoms with van der Waals surface area (Å²) in [5, 5.41) is 18.9. The molecular formula is C32H35N9O5. The van der Waals surface area contributed by atoms with E-state index in [0.717, 1.165) is 22.0 Å². The van der Waals surface area contributed by atoms with Crippen molar-refractivity contribution in [3.63, 3.8) is 0 Å². The second-order valence-electron chi connectivity index (χ2n) is 10.9. The molecule has 14 heteroatoms. The van der Waals surface area contributed by atoms with E-state index in [0.29, 0.717) is 11.4 Å². The van der Waals surface area contributed by atoms with Gasteiger partial charge in [0.15, 0.2) is 0 Å². The second kappa shape index (κ2) is 14.8. The summed E-state index contributed by atoms with van der Waals surface area (Å²) < 4.78 is 0. The number of carboxylic acid groups (broad SMARTS) is 1. The fraction of sp³-hybridized carbons (Fsp3) is 0.250. The number of carbonyl (C=O) groups excluding carboxylic acids is 3. The number of benzene rings is 2. The van der Waals surface area contributed by atoms with E-state index in [4.69, 9.17) is 5.73 Å². The fourth-order valence-electron chi connectivity index (χ4n) is 5.15. The Balaban J connectivity index is 1.33. The lowest BCUT2D eigenvalue weighted by Crippen LogP contribution is -2.58. The Morgan fingerprint density at radius 1 is 0.696 bits per heavy atom. The highest BCUT2D eigenvalue weighted by molar-refractivity contribution is 5.94. The molecule has 0 aliphatic rings. The monoisotopic (exact) mass is 625 g/mol. The van der Waals surface area contributed by atoms with E-state index < -0.39 is 47.9 Å². The SMILES string of the molecule is NC(Cc1cnc[nH]1)C(=O)NC(Cc1ccccc1)C(=O)NC(Cc1cnc[nH]1)C(=O)NC(Cc1c[nH]c2ccccc12)C(=O)O. The number of hydrogen-bond donors (Lipinski definition) is 8. The van der Waals surface area contributed by atoms with Crippen molar-refractivity contribution in [2.75, 3.05) is 0 Å². The van der Waals surface area contributed by atoms with Crippen molar-refractivity contribution in [2.24, 2.45) is 5.73 Å². The Hall–Kier alpha value is -5.76. The number of para-hydroxylation sites is 1. The maximum absolute atomic E-state index is 13.8. The number of fused-ring (bicyclic) bond motifs is 1. The van der Waals surface area contributed by atoms with Crippen molar-refractivity contribution < 1.29 is 24.3 Å². The third-order valence-corrected chi connectivity index (χ3v) is 7.57. The Labute approximate surface area is 263 Å². The van der Waals surface area contributed by atoms with Gasteiger partial charge in [0, 0.05) is 66.6 Å². The fourth-order valence-corrected chi connectivity index (χ4v) is 5.15. The Kier molecular flexibility index (Phi) is 10.2. The van der Waals surface area contributed by atoms with Gasteiger partial charge in [0.1, 0.15) is 18.1 Å². The number of hydrogen-bond acceptors (Lipinski definition) is 7. The van der Waals surface area contributed by atoms with Crippen molar-refractivity contribution in [1.29, 1.82) is 0 Å². The van der Waals surface area contributed by atoms with Gasteiger partial charge in [-0.05, 0) is 17.2 Å². The van der Waals surface area contributed by atoms with Crippen LogP contribution in [0, 0.1) is 0 Å². The summed E-state index contributed by atoms with van der Waals surface area (Å²) in [4.78, 5) is 69.6. The second-order valence-corrected chi connectivity index (χ2v) is 10.9. The molecule has 46 heavy (non-hydrogen) atoms. The minimum absolute atomic E-state index is 0.0106. The van der Waals surface area contributed by atoms with Crippen LogP contribution in [0.2, 0.25) is 0 Å². The van der Waals surface area contributed by atoms with E-state index in [1.807, 2.05) is 54.6 Å². The molecule has 0 bridgehead atoms. The standard InChI is InChI=1S/C32H35N9O5/c33-24(12-21-15-34-17-37-21)29(42)39-26(10-19-6-2-1-3-7-19)30(43)40-27(13-22-16-35-18-38-22)31(44)41-28(32(45)46)11-20-14-36-25-9-5-4-8-23(20)25/h1-9,14-18,24,26-28,36H,10-13,33H2,(H,34,37)(H,35,38)(H,39,42)(H,40,43)(H,41,44)(H,45,46). The Morgan fingerprint density at radius 3 is 1.93 bits per heavy atom. The van der Waals surface area contributed by atoms with Crippen LogP contribution in [0.1, 0.15) is 22.5 Å². The number of rotatable bonds is 15. The van der Waals surface area contributed by atoms with E-state index in [1.54, 1.807) is 12.4 Å². The van der Waals surface area contributed by atoms with Gasteiger partial charge in [0.05, 0.1) is 18.7 Å². The van der Waals surface area contributed by atoms with Gasteiger partial charge in [-0.15, -0.1) is 0 Å². The van der Waals surface area contributed by atoms with Crippen molar-refractivity contribution in [2.45, 2.75) is 49.9 Å². The first kappa shape index (κ1) is 31.7. The number of nitrogens with one attached hydrogen (secondary N) is 6. The molecule has 0 radical (unpaired) electrons.